The number of ether oxygens (including phenoxy) is 3. The van der Waals surface area contributed by atoms with Crippen LogP contribution in [0.25, 0.3) is 0 Å². The van der Waals surface area contributed by atoms with Crippen molar-refractivity contribution in [2.45, 2.75) is 26.2 Å². The van der Waals surface area contributed by atoms with Crippen molar-refractivity contribution in [3.63, 3.8) is 0 Å². The van der Waals surface area contributed by atoms with E-state index >= 15 is 0 Å². The largest absolute Gasteiger partial charge is 0.379 e. The standard InChI is InChI=1S/C13H21NO7/c1-2-18-7-8-20-10-9-19-6-5-13(17)21-14-11(15)3-4-12(14)16/h2-10H2,1H3. The molecule has 1 rings (SSSR count). The van der Waals surface area contributed by atoms with E-state index in [9.17, 15) is 14.4 Å². The third-order valence-corrected chi connectivity index (χ3v) is 2.60. The van der Waals surface area contributed by atoms with Crippen molar-refractivity contribution in [3.05, 3.63) is 0 Å². The van der Waals surface area contributed by atoms with Crippen molar-refractivity contribution >= 4 is 17.8 Å². The number of amides is 2. The Morgan fingerprint density at radius 3 is 2.05 bits per heavy atom. The maximum absolute atomic E-state index is 11.4. The van der Waals surface area contributed by atoms with Crippen LogP contribution in [0.3, 0.4) is 0 Å². The van der Waals surface area contributed by atoms with Gasteiger partial charge in [0.1, 0.15) is 0 Å². The topological polar surface area (TPSA) is 91.4 Å². The normalized spacial score (nSPS) is 14.8. The first-order chi connectivity index (χ1) is 10.1. The number of hydroxylamine groups is 2. The molecule has 1 aliphatic heterocycles. The number of carbonyl (C=O) groups is 3. The number of hydrogen-bond donors (Lipinski definition) is 0. The third-order valence-electron chi connectivity index (χ3n) is 2.60. The Bertz CT molecular complexity index is 342. The van der Waals surface area contributed by atoms with Gasteiger partial charge in [-0.25, -0.2) is 4.79 Å². The molecule has 0 atom stereocenters. The second-order valence-corrected chi connectivity index (χ2v) is 4.22. The zero-order valence-electron chi connectivity index (χ0n) is 12.2. The van der Waals surface area contributed by atoms with E-state index in [2.05, 4.69) is 4.84 Å². The van der Waals surface area contributed by atoms with Gasteiger partial charge in [0.25, 0.3) is 11.8 Å². The summed E-state index contributed by atoms with van der Waals surface area (Å²) in [5.41, 5.74) is 0. The predicted octanol–water partition coefficient (Wildman–Crippen LogP) is 0.0534. The molecule has 0 N–H and O–H groups in total. The molecule has 1 saturated heterocycles. The minimum atomic E-state index is -0.670. The summed E-state index contributed by atoms with van der Waals surface area (Å²) in [6.45, 7) is 4.50. The van der Waals surface area contributed by atoms with Gasteiger partial charge in [0.2, 0.25) is 0 Å². The molecule has 0 spiro atoms. The number of imide groups is 1. The lowest BCUT2D eigenvalue weighted by Crippen LogP contribution is -2.32. The van der Waals surface area contributed by atoms with Crippen molar-refractivity contribution in [1.29, 1.82) is 0 Å². The Balaban J connectivity index is 1.96. The third kappa shape index (κ3) is 7.16. The summed E-state index contributed by atoms with van der Waals surface area (Å²) in [4.78, 5) is 38.5. The molecule has 21 heavy (non-hydrogen) atoms. The monoisotopic (exact) mass is 303 g/mol. The highest BCUT2D eigenvalue weighted by atomic mass is 16.7. The van der Waals surface area contributed by atoms with Crippen LogP contribution in [0.4, 0.5) is 0 Å². The van der Waals surface area contributed by atoms with Gasteiger partial charge in [0.15, 0.2) is 0 Å². The Morgan fingerprint density at radius 1 is 0.952 bits per heavy atom. The lowest BCUT2D eigenvalue weighted by Gasteiger charge is -2.12. The van der Waals surface area contributed by atoms with Crippen molar-refractivity contribution in [1.82, 2.24) is 5.06 Å². The van der Waals surface area contributed by atoms with E-state index in [0.717, 1.165) is 0 Å². The molecule has 2 amide bonds. The number of hydrogen-bond acceptors (Lipinski definition) is 7. The molecule has 0 bridgehead atoms. The first kappa shape index (κ1) is 17.5. The summed E-state index contributed by atoms with van der Waals surface area (Å²) in [5.74, 6) is -1.65. The van der Waals surface area contributed by atoms with Crippen LogP contribution in [0.15, 0.2) is 0 Å². The van der Waals surface area contributed by atoms with Gasteiger partial charge in [-0.15, -0.1) is 5.06 Å². The van der Waals surface area contributed by atoms with Crippen LogP contribution in [0.1, 0.15) is 26.2 Å². The van der Waals surface area contributed by atoms with Gasteiger partial charge in [-0.1, -0.05) is 0 Å². The van der Waals surface area contributed by atoms with Crippen LogP contribution in [0.2, 0.25) is 0 Å². The summed E-state index contributed by atoms with van der Waals surface area (Å²) in [5, 5.41) is 0.527. The van der Waals surface area contributed by atoms with Gasteiger partial charge in [-0.3, -0.25) is 9.59 Å². The maximum atomic E-state index is 11.4. The zero-order valence-corrected chi connectivity index (χ0v) is 12.2. The molecule has 0 unspecified atom stereocenters. The van der Waals surface area contributed by atoms with Crippen LogP contribution in [0.5, 0.6) is 0 Å². The van der Waals surface area contributed by atoms with E-state index in [1.165, 1.54) is 0 Å². The fraction of sp³-hybridized carbons (Fsp3) is 0.769. The number of carbonyl (C=O) groups excluding carboxylic acids is 3. The Morgan fingerprint density at radius 2 is 1.48 bits per heavy atom. The molecule has 0 aromatic rings. The quantitative estimate of drug-likeness (QED) is 0.393. The van der Waals surface area contributed by atoms with Crippen molar-refractivity contribution < 1.29 is 33.4 Å². The summed E-state index contributed by atoms with van der Waals surface area (Å²) in [7, 11) is 0. The highest BCUT2D eigenvalue weighted by Gasteiger charge is 2.32. The molecule has 120 valence electrons. The Labute approximate surface area is 123 Å². The van der Waals surface area contributed by atoms with Gasteiger partial charge in [-0.05, 0) is 6.92 Å². The molecular weight excluding hydrogens is 282 g/mol. The van der Waals surface area contributed by atoms with Gasteiger partial charge in [0, 0.05) is 19.4 Å². The van der Waals surface area contributed by atoms with Gasteiger partial charge < -0.3 is 19.0 Å². The molecule has 0 saturated carbocycles. The molecule has 0 aromatic carbocycles. The highest BCUT2D eigenvalue weighted by molar-refractivity contribution is 6.01. The fourth-order valence-corrected chi connectivity index (χ4v) is 1.54. The molecule has 8 nitrogen and oxygen atoms in total. The van der Waals surface area contributed by atoms with Crippen LogP contribution in [-0.2, 0) is 33.4 Å². The molecular formula is C13H21NO7. The second-order valence-electron chi connectivity index (χ2n) is 4.22. The summed E-state index contributed by atoms with van der Waals surface area (Å²) >= 11 is 0. The van der Waals surface area contributed by atoms with Gasteiger partial charge in [0.05, 0.1) is 39.5 Å². The second kappa shape index (κ2) is 10.3. The predicted molar refractivity (Wildman–Crippen MR) is 69.9 cm³/mol. The minimum absolute atomic E-state index is 0.0317. The molecule has 1 heterocycles. The van der Waals surface area contributed by atoms with Crippen LogP contribution >= 0.6 is 0 Å². The summed E-state index contributed by atoms with van der Waals surface area (Å²) in [6, 6.07) is 0. The average Bonchev–Trinajstić information content (AvgIpc) is 2.77. The average molecular weight is 303 g/mol. The lowest BCUT2D eigenvalue weighted by atomic mass is 10.4. The molecule has 1 fully saturated rings. The van der Waals surface area contributed by atoms with E-state index in [1.54, 1.807) is 0 Å². The smallest absolute Gasteiger partial charge is 0.335 e. The van der Waals surface area contributed by atoms with Crippen LogP contribution in [-0.4, -0.2) is 62.5 Å². The number of nitrogens with zero attached hydrogens (tertiary/aromatic N) is 1. The van der Waals surface area contributed by atoms with E-state index in [1.807, 2.05) is 6.92 Å². The van der Waals surface area contributed by atoms with Gasteiger partial charge >= 0.3 is 5.97 Å². The first-order valence-corrected chi connectivity index (χ1v) is 6.95. The SMILES string of the molecule is CCOCCOCCOCCC(=O)ON1C(=O)CCC1=O. The molecule has 0 aromatic heterocycles. The number of rotatable bonds is 11. The molecule has 0 radical (unpaired) electrons. The Kier molecular flexibility index (Phi) is 8.56. The van der Waals surface area contributed by atoms with E-state index < -0.39 is 17.8 Å². The summed E-state index contributed by atoms with van der Waals surface area (Å²) < 4.78 is 15.5. The van der Waals surface area contributed by atoms with Crippen molar-refractivity contribution in [3.8, 4) is 0 Å². The van der Waals surface area contributed by atoms with Crippen molar-refractivity contribution in [2.75, 3.05) is 39.6 Å². The van der Waals surface area contributed by atoms with Crippen LogP contribution < -0.4 is 0 Å². The molecule has 8 heteroatoms. The minimum Gasteiger partial charge on any atom is -0.379 e. The summed E-state index contributed by atoms with van der Waals surface area (Å²) in [6.07, 6.45) is 0.138. The zero-order chi connectivity index (χ0) is 15.5. The maximum Gasteiger partial charge on any atom is 0.335 e. The van der Waals surface area contributed by atoms with Crippen molar-refractivity contribution in [2.24, 2.45) is 0 Å². The molecule has 1 aliphatic rings. The lowest BCUT2D eigenvalue weighted by molar-refractivity contribution is -0.198. The fourth-order valence-electron chi connectivity index (χ4n) is 1.54. The van der Waals surface area contributed by atoms with E-state index in [0.29, 0.717) is 38.1 Å². The first-order valence-electron chi connectivity index (χ1n) is 6.95. The molecule has 0 aliphatic carbocycles. The van der Waals surface area contributed by atoms with E-state index in [-0.39, 0.29) is 25.9 Å². The Hall–Kier alpha value is -1.51. The highest BCUT2D eigenvalue weighted by Crippen LogP contribution is 2.12. The van der Waals surface area contributed by atoms with Gasteiger partial charge in [-0.2, -0.15) is 0 Å². The van der Waals surface area contributed by atoms with E-state index in [4.69, 9.17) is 14.2 Å². The van der Waals surface area contributed by atoms with Crippen LogP contribution in [0, 0.1) is 0 Å².